The topological polar surface area (TPSA) is 38.0 Å². The Bertz CT molecular complexity index is 350. The first kappa shape index (κ1) is 14.0. The fourth-order valence-electron chi connectivity index (χ4n) is 2.81. The molecule has 1 aliphatic rings. The summed E-state index contributed by atoms with van der Waals surface area (Å²) < 4.78 is 1.15. The van der Waals surface area contributed by atoms with Crippen molar-refractivity contribution in [3.8, 4) is 0 Å². The van der Waals surface area contributed by atoms with E-state index in [1.54, 1.807) is 0 Å². The molecule has 0 aliphatic heterocycles. The SMILES string of the molecule is NCC1CCCCC1NCCc1ccc(Br)cc1. The van der Waals surface area contributed by atoms with E-state index in [0.717, 1.165) is 24.0 Å². The Morgan fingerprint density at radius 1 is 1.17 bits per heavy atom. The number of hydrogen-bond acceptors (Lipinski definition) is 2. The van der Waals surface area contributed by atoms with Crippen LogP contribution in [0.4, 0.5) is 0 Å². The van der Waals surface area contributed by atoms with Gasteiger partial charge in [-0.2, -0.15) is 0 Å². The van der Waals surface area contributed by atoms with E-state index in [9.17, 15) is 0 Å². The van der Waals surface area contributed by atoms with Crippen molar-refractivity contribution in [1.82, 2.24) is 5.32 Å². The van der Waals surface area contributed by atoms with Crippen LogP contribution in [-0.2, 0) is 6.42 Å². The molecule has 2 atom stereocenters. The average Bonchev–Trinajstić information content (AvgIpc) is 2.41. The Morgan fingerprint density at radius 3 is 2.61 bits per heavy atom. The Balaban J connectivity index is 1.75. The van der Waals surface area contributed by atoms with Crippen LogP contribution in [0.2, 0.25) is 0 Å². The lowest BCUT2D eigenvalue weighted by molar-refractivity contribution is 0.269. The summed E-state index contributed by atoms with van der Waals surface area (Å²) >= 11 is 3.46. The molecule has 0 aromatic heterocycles. The van der Waals surface area contributed by atoms with Crippen LogP contribution in [-0.4, -0.2) is 19.1 Å². The minimum atomic E-state index is 0.638. The van der Waals surface area contributed by atoms with E-state index >= 15 is 0 Å². The second kappa shape index (κ2) is 7.27. The van der Waals surface area contributed by atoms with E-state index in [1.807, 2.05) is 0 Å². The van der Waals surface area contributed by atoms with Crippen LogP contribution in [0.25, 0.3) is 0 Å². The molecule has 18 heavy (non-hydrogen) atoms. The summed E-state index contributed by atoms with van der Waals surface area (Å²) in [6.07, 6.45) is 6.40. The molecule has 0 spiro atoms. The van der Waals surface area contributed by atoms with Crippen molar-refractivity contribution in [2.75, 3.05) is 13.1 Å². The lowest BCUT2D eigenvalue weighted by Crippen LogP contribution is -2.42. The van der Waals surface area contributed by atoms with Gasteiger partial charge >= 0.3 is 0 Å². The van der Waals surface area contributed by atoms with Gasteiger partial charge in [-0.15, -0.1) is 0 Å². The summed E-state index contributed by atoms with van der Waals surface area (Å²) in [5.74, 6) is 0.684. The molecule has 0 heterocycles. The summed E-state index contributed by atoms with van der Waals surface area (Å²) in [7, 11) is 0. The highest BCUT2D eigenvalue weighted by atomic mass is 79.9. The predicted octanol–water partition coefficient (Wildman–Crippen LogP) is 3.10. The Hall–Kier alpha value is -0.380. The van der Waals surface area contributed by atoms with Crippen LogP contribution in [0.5, 0.6) is 0 Å². The monoisotopic (exact) mass is 310 g/mol. The standard InChI is InChI=1S/C15H23BrN2/c16-14-7-5-12(6-8-14)9-10-18-15-4-2-1-3-13(15)11-17/h5-8,13,15,18H,1-4,9-11,17H2. The van der Waals surface area contributed by atoms with Crippen LogP contribution in [0.1, 0.15) is 31.2 Å². The lowest BCUT2D eigenvalue weighted by atomic mass is 9.84. The first-order chi connectivity index (χ1) is 8.79. The normalized spacial score (nSPS) is 24.1. The number of nitrogens with two attached hydrogens (primary N) is 1. The zero-order valence-electron chi connectivity index (χ0n) is 10.9. The van der Waals surface area contributed by atoms with E-state index < -0.39 is 0 Å². The minimum Gasteiger partial charge on any atom is -0.330 e. The maximum Gasteiger partial charge on any atom is 0.0175 e. The zero-order valence-corrected chi connectivity index (χ0v) is 12.5. The molecule has 2 nitrogen and oxygen atoms in total. The molecule has 0 saturated heterocycles. The maximum atomic E-state index is 5.85. The van der Waals surface area contributed by atoms with Crippen molar-refractivity contribution in [2.24, 2.45) is 11.7 Å². The van der Waals surface area contributed by atoms with E-state index in [4.69, 9.17) is 5.73 Å². The largest absolute Gasteiger partial charge is 0.330 e. The molecule has 100 valence electrons. The number of halogens is 1. The van der Waals surface area contributed by atoms with Crippen molar-refractivity contribution in [2.45, 2.75) is 38.1 Å². The molecular weight excluding hydrogens is 288 g/mol. The maximum absolute atomic E-state index is 5.85. The fourth-order valence-corrected chi connectivity index (χ4v) is 3.08. The Kier molecular flexibility index (Phi) is 5.67. The quantitative estimate of drug-likeness (QED) is 0.877. The molecule has 3 heteroatoms. The van der Waals surface area contributed by atoms with Gasteiger partial charge in [0.05, 0.1) is 0 Å². The highest BCUT2D eigenvalue weighted by molar-refractivity contribution is 9.10. The van der Waals surface area contributed by atoms with Crippen LogP contribution in [0.15, 0.2) is 28.7 Å². The molecule has 1 aliphatic carbocycles. The lowest BCUT2D eigenvalue weighted by Gasteiger charge is -2.31. The van der Waals surface area contributed by atoms with Crippen molar-refractivity contribution >= 4 is 15.9 Å². The molecule has 2 rings (SSSR count). The van der Waals surface area contributed by atoms with Gasteiger partial charge in [0.25, 0.3) is 0 Å². The second-order valence-corrected chi connectivity index (χ2v) is 6.13. The van der Waals surface area contributed by atoms with E-state index in [-0.39, 0.29) is 0 Å². The Morgan fingerprint density at radius 2 is 1.89 bits per heavy atom. The van der Waals surface area contributed by atoms with Gasteiger partial charge in [0.1, 0.15) is 0 Å². The highest BCUT2D eigenvalue weighted by Crippen LogP contribution is 2.23. The molecule has 0 radical (unpaired) electrons. The summed E-state index contributed by atoms with van der Waals surface area (Å²) in [5.41, 5.74) is 7.24. The smallest absolute Gasteiger partial charge is 0.0175 e. The number of hydrogen-bond donors (Lipinski definition) is 2. The molecule has 2 unspecified atom stereocenters. The van der Waals surface area contributed by atoms with Crippen LogP contribution >= 0.6 is 15.9 Å². The Labute approximate surface area is 118 Å². The van der Waals surface area contributed by atoms with E-state index in [0.29, 0.717) is 12.0 Å². The van der Waals surface area contributed by atoms with Gasteiger partial charge in [-0.05, 0) is 56.0 Å². The van der Waals surface area contributed by atoms with Gasteiger partial charge in [-0.1, -0.05) is 40.9 Å². The van der Waals surface area contributed by atoms with Crippen LogP contribution in [0, 0.1) is 5.92 Å². The van der Waals surface area contributed by atoms with Gasteiger partial charge in [0.15, 0.2) is 0 Å². The van der Waals surface area contributed by atoms with Crippen molar-refractivity contribution in [1.29, 1.82) is 0 Å². The van der Waals surface area contributed by atoms with Gasteiger partial charge < -0.3 is 11.1 Å². The highest BCUT2D eigenvalue weighted by Gasteiger charge is 2.22. The third kappa shape index (κ3) is 4.08. The van der Waals surface area contributed by atoms with Crippen molar-refractivity contribution < 1.29 is 0 Å². The van der Waals surface area contributed by atoms with Crippen molar-refractivity contribution in [3.05, 3.63) is 34.3 Å². The van der Waals surface area contributed by atoms with Crippen molar-refractivity contribution in [3.63, 3.8) is 0 Å². The first-order valence-electron chi connectivity index (χ1n) is 6.97. The van der Waals surface area contributed by atoms with Gasteiger partial charge in [0.2, 0.25) is 0 Å². The predicted molar refractivity (Wildman–Crippen MR) is 80.6 cm³/mol. The summed E-state index contributed by atoms with van der Waals surface area (Å²) in [6.45, 7) is 1.89. The molecule has 1 aromatic carbocycles. The molecule has 3 N–H and O–H groups in total. The molecule has 1 fully saturated rings. The van der Waals surface area contributed by atoms with E-state index in [2.05, 4.69) is 45.5 Å². The summed E-state index contributed by atoms with van der Waals surface area (Å²) in [6, 6.07) is 9.23. The molecular formula is C15H23BrN2. The van der Waals surface area contributed by atoms with Crippen LogP contribution < -0.4 is 11.1 Å². The summed E-state index contributed by atoms with van der Waals surface area (Å²) in [5, 5.41) is 3.69. The van der Waals surface area contributed by atoms with Gasteiger partial charge in [-0.3, -0.25) is 0 Å². The summed E-state index contributed by atoms with van der Waals surface area (Å²) in [4.78, 5) is 0. The second-order valence-electron chi connectivity index (χ2n) is 5.22. The molecule has 1 saturated carbocycles. The third-order valence-electron chi connectivity index (χ3n) is 3.95. The number of nitrogens with one attached hydrogen (secondary N) is 1. The molecule has 0 bridgehead atoms. The fraction of sp³-hybridized carbons (Fsp3) is 0.600. The minimum absolute atomic E-state index is 0.638. The molecule has 0 amide bonds. The first-order valence-corrected chi connectivity index (χ1v) is 7.77. The van der Waals surface area contributed by atoms with Gasteiger partial charge in [-0.25, -0.2) is 0 Å². The average molecular weight is 311 g/mol. The zero-order chi connectivity index (χ0) is 12.8. The van der Waals surface area contributed by atoms with E-state index in [1.165, 1.54) is 31.2 Å². The number of benzene rings is 1. The van der Waals surface area contributed by atoms with Crippen LogP contribution in [0.3, 0.4) is 0 Å². The van der Waals surface area contributed by atoms with Gasteiger partial charge in [0, 0.05) is 10.5 Å². The number of rotatable bonds is 5. The third-order valence-corrected chi connectivity index (χ3v) is 4.47. The molecule has 1 aromatic rings.